The summed E-state index contributed by atoms with van der Waals surface area (Å²) in [7, 11) is 1.75. The Morgan fingerprint density at radius 3 is 3.06 bits per heavy atom. The van der Waals surface area contributed by atoms with Crippen molar-refractivity contribution in [3.05, 3.63) is 29.1 Å². The topological polar surface area (TPSA) is 21.3 Å². The summed E-state index contributed by atoms with van der Waals surface area (Å²) in [6.45, 7) is 3.41. The van der Waals surface area contributed by atoms with Crippen molar-refractivity contribution in [2.75, 3.05) is 13.7 Å². The molecule has 1 N–H and O–H groups in total. The van der Waals surface area contributed by atoms with Gasteiger partial charge in [-0.2, -0.15) is 0 Å². The maximum absolute atomic E-state index is 5.44. The van der Waals surface area contributed by atoms with E-state index in [0.29, 0.717) is 12.0 Å². The first-order chi connectivity index (χ1) is 8.78. The van der Waals surface area contributed by atoms with Crippen LogP contribution in [0.25, 0.3) is 10.1 Å². The Morgan fingerprint density at radius 1 is 1.39 bits per heavy atom. The largest absolute Gasteiger partial charge is 0.496 e. The van der Waals surface area contributed by atoms with Gasteiger partial charge < -0.3 is 10.1 Å². The number of rotatable bonds is 2. The van der Waals surface area contributed by atoms with Crippen LogP contribution in [0.15, 0.2) is 24.3 Å². The minimum absolute atomic E-state index is 0.635. The van der Waals surface area contributed by atoms with E-state index in [1.807, 2.05) is 17.4 Å². The summed E-state index contributed by atoms with van der Waals surface area (Å²) in [5, 5.41) is 4.79. The van der Waals surface area contributed by atoms with Gasteiger partial charge in [-0.25, -0.2) is 0 Å². The summed E-state index contributed by atoms with van der Waals surface area (Å²) in [6.07, 6.45) is 2.49. The second-order valence-electron chi connectivity index (χ2n) is 5.10. The molecule has 1 aromatic heterocycles. The van der Waals surface area contributed by atoms with Gasteiger partial charge in [0.25, 0.3) is 0 Å². The van der Waals surface area contributed by atoms with Gasteiger partial charge >= 0.3 is 0 Å². The van der Waals surface area contributed by atoms with Crippen LogP contribution in [0.1, 0.15) is 30.6 Å². The van der Waals surface area contributed by atoms with Crippen LogP contribution >= 0.6 is 11.3 Å². The van der Waals surface area contributed by atoms with Crippen molar-refractivity contribution in [3.8, 4) is 5.75 Å². The Bertz CT molecular complexity index is 548. The molecule has 2 atom stereocenters. The standard InChI is InChI=1S/C15H19NOS/c1-10-8-11(6-7-16-10)15-9-12-13(17-2)4-3-5-14(12)18-15/h3-5,9-11,16H,6-8H2,1-2H3/t10-,11-/m1/s1. The van der Waals surface area contributed by atoms with E-state index in [0.717, 1.165) is 12.3 Å². The Morgan fingerprint density at radius 2 is 2.28 bits per heavy atom. The maximum Gasteiger partial charge on any atom is 0.127 e. The average molecular weight is 261 g/mol. The van der Waals surface area contributed by atoms with Gasteiger partial charge in [-0.05, 0) is 50.4 Å². The molecule has 1 aliphatic rings. The van der Waals surface area contributed by atoms with Crippen molar-refractivity contribution in [2.45, 2.75) is 31.7 Å². The molecule has 3 rings (SSSR count). The average Bonchev–Trinajstić information content (AvgIpc) is 2.82. The number of nitrogens with one attached hydrogen (secondary N) is 1. The lowest BCUT2D eigenvalue weighted by atomic mass is 9.92. The summed E-state index contributed by atoms with van der Waals surface area (Å²) in [4.78, 5) is 1.52. The highest BCUT2D eigenvalue weighted by molar-refractivity contribution is 7.19. The molecule has 1 fully saturated rings. The number of ether oxygens (including phenoxy) is 1. The number of thiophene rings is 1. The van der Waals surface area contributed by atoms with E-state index < -0.39 is 0 Å². The van der Waals surface area contributed by atoms with Crippen molar-refractivity contribution in [2.24, 2.45) is 0 Å². The smallest absolute Gasteiger partial charge is 0.127 e. The van der Waals surface area contributed by atoms with Crippen LogP contribution in [0.3, 0.4) is 0 Å². The molecule has 2 aromatic rings. The molecular weight excluding hydrogens is 242 g/mol. The third-order valence-electron chi connectivity index (χ3n) is 3.79. The van der Waals surface area contributed by atoms with E-state index in [2.05, 4.69) is 30.4 Å². The second kappa shape index (κ2) is 4.90. The number of benzene rings is 1. The van der Waals surface area contributed by atoms with Crippen molar-refractivity contribution in [1.82, 2.24) is 5.32 Å². The Kier molecular flexibility index (Phi) is 3.27. The normalized spacial score (nSPS) is 24.3. The van der Waals surface area contributed by atoms with E-state index >= 15 is 0 Å². The first-order valence-corrected chi connectivity index (χ1v) is 7.39. The molecule has 0 spiro atoms. The maximum atomic E-state index is 5.44. The number of hydrogen-bond donors (Lipinski definition) is 1. The fourth-order valence-electron chi connectivity index (χ4n) is 2.82. The summed E-state index contributed by atoms with van der Waals surface area (Å²) < 4.78 is 6.79. The Labute approximate surface area is 112 Å². The summed E-state index contributed by atoms with van der Waals surface area (Å²) in [6, 6.07) is 9.28. The van der Waals surface area contributed by atoms with Crippen LogP contribution in [-0.2, 0) is 0 Å². The molecule has 1 aliphatic heterocycles. The Hall–Kier alpha value is -1.06. The molecular formula is C15H19NOS. The molecule has 2 nitrogen and oxygen atoms in total. The van der Waals surface area contributed by atoms with Crippen molar-refractivity contribution < 1.29 is 4.74 Å². The van der Waals surface area contributed by atoms with Crippen molar-refractivity contribution in [1.29, 1.82) is 0 Å². The quantitative estimate of drug-likeness (QED) is 0.888. The van der Waals surface area contributed by atoms with Crippen LogP contribution in [-0.4, -0.2) is 19.7 Å². The fraction of sp³-hybridized carbons (Fsp3) is 0.467. The Balaban J connectivity index is 1.97. The molecule has 0 bridgehead atoms. The van der Waals surface area contributed by atoms with Crippen molar-refractivity contribution >= 4 is 21.4 Å². The van der Waals surface area contributed by atoms with Gasteiger partial charge in [-0.3, -0.25) is 0 Å². The predicted octanol–water partition coefficient (Wildman–Crippen LogP) is 3.77. The molecule has 2 heterocycles. The lowest BCUT2D eigenvalue weighted by molar-refractivity contribution is 0.384. The number of piperidine rings is 1. The van der Waals surface area contributed by atoms with Crippen LogP contribution in [0.5, 0.6) is 5.75 Å². The lowest BCUT2D eigenvalue weighted by Gasteiger charge is -2.27. The molecule has 0 unspecified atom stereocenters. The van der Waals surface area contributed by atoms with Gasteiger partial charge in [0.15, 0.2) is 0 Å². The fourth-order valence-corrected chi connectivity index (χ4v) is 4.05. The molecule has 1 aromatic carbocycles. The van der Waals surface area contributed by atoms with E-state index in [1.54, 1.807) is 7.11 Å². The molecule has 0 saturated carbocycles. The third kappa shape index (κ3) is 2.13. The van der Waals surface area contributed by atoms with Crippen LogP contribution < -0.4 is 10.1 Å². The van der Waals surface area contributed by atoms with Gasteiger partial charge in [0, 0.05) is 21.0 Å². The number of hydrogen-bond acceptors (Lipinski definition) is 3. The summed E-state index contributed by atoms with van der Waals surface area (Å²) >= 11 is 1.93. The van der Waals surface area contributed by atoms with Gasteiger partial charge in [0.05, 0.1) is 7.11 Å². The van der Waals surface area contributed by atoms with E-state index in [-0.39, 0.29) is 0 Å². The van der Waals surface area contributed by atoms with E-state index in [1.165, 1.54) is 27.8 Å². The molecule has 0 aliphatic carbocycles. The summed E-state index contributed by atoms with van der Waals surface area (Å²) in [5.41, 5.74) is 0. The van der Waals surface area contributed by atoms with Gasteiger partial charge in [0.1, 0.15) is 5.75 Å². The monoisotopic (exact) mass is 261 g/mol. The van der Waals surface area contributed by atoms with Crippen LogP contribution in [0.2, 0.25) is 0 Å². The number of fused-ring (bicyclic) bond motifs is 1. The van der Waals surface area contributed by atoms with Gasteiger partial charge in [0.2, 0.25) is 0 Å². The molecule has 18 heavy (non-hydrogen) atoms. The zero-order valence-electron chi connectivity index (χ0n) is 10.9. The highest BCUT2D eigenvalue weighted by Crippen LogP contribution is 2.39. The van der Waals surface area contributed by atoms with Gasteiger partial charge in [-0.1, -0.05) is 6.07 Å². The molecule has 96 valence electrons. The highest BCUT2D eigenvalue weighted by Gasteiger charge is 2.22. The van der Waals surface area contributed by atoms with Crippen LogP contribution in [0, 0.1) is 0 Å². The second-order valence-corrected chi connectivity index (χ2v) is 6.21. The first-order valence-electron chi connectivity index (χ1n) is 6.57. The molecule has 0 amide bonds. The van der Waals surface area contributed by atoms with Gasteiger partial charge in [-0.15, -0.1) is 11.3 Å². The highest BCUT2D eigenvalue weighted by atomic mass is 32.1. The lowest BCUT2D eigenvalue weighted by Crippen LogP contribution is -2.34. The third-order valence-corrected chi connectivity index (χ3v) is 5.05. The first kappa shape index (κ1) is 12.0. The van der Waals surface area contributed by atoms with Crippen LogP contribution in [0.4, 0.5) is 0 Å². The number of methoxy groups -OCH3 is 1. The molecule has 3 heteroatoms. The molecule has 1 saturated heterocycles. The minimum atomic E-state index is 0.635. The zero-order chi connectivity index (χ0) is 12.5. The SMILES string of the molecule is COc1cccc2sc([C@@H]3CCN[C@H](C)C3)cc12. The molecule has 0 radical (unpaired) electrons. The van der Waals surface area contributed by atoms with E-state index in [9.17, 15) is 0 Å². The predicted molar refractivity (Wildman–Crippen MR) is 77.8 cm³/mol. The van der Waals surface area contributed by atoms with E-state index in [4.69, 9.17) is 4.74 Å². The van der Waals surface area contributed by atoms with Crippen molar-refractivity contribution in [3.63, 3.8) is 0 Å². The summed E-state index contributed by atoms with van der Waals surface area (Å²) in [5.74, 6) is 1.71. The zero-order valence-corrected chi connectivity index (χ0v) is 11.7. The minimum Gasteiger partial charge on any atom is -0.496 e.